The number of phenols is 1. The maximum absolute atomic E-state index is 12.9. The number of fused-ring (bicyclic) bond motifs is 1. The number of nitrogens with one attached hydrogen (secondary N) is 1. The molecule has 0 aliphatic rings. The second-order valence-corrected chi connectivity index (χ2v) is 9.59. The van der Waals surface area contributed by atoms with Gasteiger partial charge < -0.3 is 15.2 Å². The Kier molecular flexibility index (Phi) is 6.16. The zero-order chi connectivity index (χ0) is 24.8. The summed E-state index contributed by atoms with van der Waals surface area (Å²) in [5.74, 6) is -1.09. The first-order valence-electron chi connectivity index (χ1n) is 10.7. The van der Waals surface area contributed by atoms with E-state index in [1.54, 1.807) is 18.3 Å². The highest BCUT2D eigenvalue weighted by atomic mass is 32.1. The molecule has 0 bridgehead atoms. The number of aromatic hydroxyl groups is 1. The fraction of sp³-hybridized carbons (Fsp3) is 0.280. The second-order valence-electron chi connectivity index (χ2n) is 8.56. The third-order valence-corrected chi connectivity index (χ3v) is 7.11. The van der Waals surface area contributed by atoms with Crippen molar-refractivity contribution in [2.24, 2.45) is 0 Å². The molecule has 5 nitrogen and oxygen atoms in total. The molecule has 4 aromatic rings. The van der Waals surface area contributed by atoms with E-state index >= 15 is 0 Å². The van der Waals surface area contributed by atoms with Crippen LogP contribution in [-0.2, 0) is 17.4 Å². The van der Waals surface area contributed by atoms with Crippen LogP contribution in [0.25, 0.3) is 21.5 Å². The van der Waals surface area contributed by atoms with E-state index in [4.69, 9.17) is 4.98 Å². The fourth-order valence-electron chi connectivity index (χ4n) is 4.02. The molecule has 2 aromatic carbocycles. The van der Waals surface area contributed by atoms with E-state index in [2.05, 4.69) is 4.98 Å². The number of hydrogen-bond donors (Lipinski definition) is 3. The van der Waals surface area contributed by atoms with Crippen LogP contribution >= 0.6 is 11.3 Å². The molecule has 4 rings (SSSR count). The summed E-state index contributed by atoms with van der Waals surface area (Å²) in [7, 11) is 0. The number of thiazole rings is 1. The summed E-state index contributed by atoms with van der Waals surface area (Å²) in [6.07, 6.45) is -2.92. The molecule has 9 heteroatoms. The molecule has 34 heavy (non-hydrogen) atoms. The molecule has 2 aromatic heterocycles. The van der Waals surface area contributed by atoms with Crippen molar-refractivity contribution in [1.29, 1.82) is 0 Å². The number of hydrogen-bond acceptors (Lipinski definition) is 4. The van der Waals surface area contributed by atoms with Crippen LogP contribution in [0.1, 0.15) is 59.9 Å². The van der Waals surface area contributed by atoms with E-state index in [1.807, 2.05) is 20.8 Å². The summed E-state index contributed by atoms with van der Waals surface area (Å²) < 4.78 is 38.8. The van der Waals surface area contributed by atoms with Crippen molar-refractivity contribution in [2.75, 3.05) is 0 Å². The van der Waals surface area contributed by atoms with Gasteiger partial charge in [0.2, 0.25) is 0 Å². The standard InChI is InChI=1S/C25H23F3N2O3S/c1-12(2)22-23(34-24(30-22)14-4-6-16(7-5-14)25(26,27)28)13(3)17-9-18-15(8-21(32)33)11-29-19(18)10-20(17)31/h4-7,9-13,29,31H,8H2,1-3H3,(H,32,33)/t13-/m0/s1. The van der Waals surface area contributed by atoms with Crippen molar-refractivity contribution >= 4 is 28.2 Å². The van der Waals surface area contributed by atoms with Gasteiger partial charge in [0.25, 0.3) is 0 Å². The van der Waals surface area contributed by atoms with Gasteiger partial charge >= 0.3 is 12.1 Å². The summed E-state index contributed by atoms with van der Waals surface area (Å²) in [5.41, 5.74) is 2.58. The first-order chi connectivity index (χ1) is 16.0. The van der Waals surface area contributed by atoms with Crippen LogP contribution in [0.2, 0.25) is 0 Å². The van der Waals surface area contributed by atoms with Crippen molar-refractivity contribution in [2.45, 2.75) is 45.2 Å². The van der Waals surface area contributed by atoms with Gasteiger partial charge in [-0.1, -0.05) is 32.9 Å². The van der Waals surface area contributed by atoms with Gasteiger partial charge in [-0.05, 0) is 29.7 Å². The Bertz CT molecular complexity index is 1350. The Hall–Kier alpha value is -3.33. The summed E-state index contributed by atoms with van der Waals surface area (Å²) in [6, 6.07) is 8.31. The van der Waals surface area contributed by atoms with E-state index in [0.717, 1.165) is 28.1 Å². The number of carboxylic acid groups (broad SMARTS) is 1. The van der Waals surface area contributed by atoms with Gasteiger partial charge in [-0.15, -0.1) is 11.3 Å². The Morgan fingerprint density at radius 1 is 1.15 bits per heavy atom. The maximum Gasteiger partial charge on any atom is 0.416 e. The average Bonchev–Trinajstić information content (AvgIpc) is 3.36. The SMILES string of the molecule is CC(C)c1nc(-c2ccc(C(F)(F)F)cc2)sc1[C@@H](C)c1cc2c(CC(=O)O)c[nH]c2cc1O. The lowest BCUT2D eigenvalue weighted by Gasteiger charge is -2.15. The molecule has 1 atom stereocenters. The van der Waals surface area contributed by atoms with E-state index in [-0.39, 0.29) is 24.0 Å². The monoisotopic (exact) mass is 488 g/mol. The number of aromatic nitrogens is 2. The molecular formula is C25H23F3N2O3S. The molecule has 0 aliphatic carbocycles. The molecule has 0 unspecified atom stereocenters. The molecule has 2 heterocycles. The number of halogens is 3. The number of carboxylic acids is 1. The number of carbonyl (C=O) groups is 1. The van der Waals surface area contributed by atoms with Crippen LogP contribution in [0.4, 0.5) is 13.2 Å². The molecule has 0 saturated heterocycles. The van der Waals surface area contributed by atoms with E-state index in [1.165, 1.54) is 23.5 Å². The van der Waals surface area contributed by atoms with Gasteiger partial charge in [-0.2, -0.15) is 13.2 Å². The molecule has 0 saturated carbocycles. The second kappa shape index (κ2) is 8.79. The first kappa shape index (κ1) is 23.8. The van der Waals surface area contributed by atoms with Crippen molar-refractivity contribution in [3.05, 3.63) is 69.9 Å². The highest BCUT2D eigenvalue weighted by Gasteiger charge is 2.30. The predicted molar refractivity (Wildman–Crippen MR) is 125 cm³/mol. The van der Waals surface area contributed by atoms with Crippen LogP contribution in [0.5, 0.6) is 5.75 Å². The zero-order valence-electron chi connectivity index (χ0n) is 18.7. The summed E-state index contributed by atoms with van der Waals surface area (Å²) in [5, 5.41) is 21.3. The van der Waals surface area contributed by atoms with Crippen molar-refractivity contribution < 1.29 is 28.2 Å². The normalized spacial score (nSPS) is 13.0. The largest absolute Gasteiger partial charge is 0.508 e. The number of alkyl halides is 3. The van der Waals surface area contributed by atoms with Gasteiger partial charge in [0.1, 0.15) is 10.8 Å². The lowest BCUT2D eigenvalue weighted by molar-refractivity contribution is -0.138. The molecular weight excluding hydrogens is 465 g/mol. The average molecular weight is 489 g/mol. The highest BCUT2D eigenvalue weighted by molar-refractivity contribution is 7.15. The van der Waals surface area contributed by atoms with E-state index in [0.29, 0.717) is 27.2 Å². The minimum Gasteiger partial charge on any atom is -0.508 e. The Labute approximate surface area is 197 Å². The van der Waals surface area contributed by atoms with Crippen molar-refractivity contribution in [3.63, 3.8) is 0 Å². The number of phenolic OH excluding ortho intramolecular Hbond substituents is 1. The Balaban J connectivity index is 1.77. The van der Waals surface area contributed by atoms with Gasteiger partial charge in [0.15, 0.2) is 0 Å². The molecule has 0 radical (unpaired) electrons. The van der Waals surface area contributed by atoms with Crippen molar-refractivity contribution in [3.8, 4) is 16.3 Å². The van der Waals surface area contributed by atoms with Crippen LogP contribution in [0.15, 0.2) is 42.6 Å². The van der Waals surface area contributed by atoms with Crippen LogP contribution < -0.4 is 0 Å². The van der Waals surface area contributed by atoms with E-state index in [9.17, 15) is 28.2 Å². The van der Waals surface area contributed by atoms with Gasteiger partial charge in [-0.3, -0.25) is 4.79 Å². The third kappa shape index (κ3) is 4.52. The predicted octanol–water partition coefficient (Wildman–Crippen LogP) is 6.92. The number of benzene rings is 2. The van der Waals surface area contributed by atoms with E-state index < -0.39 is 17.7 Å². The summed E-state index contributed by atoms with van der Waals surface area (Å²) in [4.78, 5) is 19.8. The van der Waals surface area contributed by atoms with Crippen LogP contribution in [0, 0.1) is 0 Å². The number of rotatable bonds is 6. The highest BCUT2D eigenvalue weighted by Crippen LogP contribution is 2.43. The third-order valence-electron chi connectivity index (χ3n) is 5.80. The number of nitrogens with zero attached hydrogens (tertiary/aromatic N) is 1. The lowest BCUT2D eigenvalue weighted by atomic mass is 9.93. The van der Waals surface area contributed by atoms with Gasteiger partial charge in [0.05, 0.1) is 17.7 Å². The molecule has 0 amide bonds. The number of H-pyrrole nitrogens is 1. The topological polar surface area (TPSA) is 86.2 Å². The minimum atomic E-state index is -4.40. The molecule has 178 valence electrons. The van der Waals surface area contributed by atoms with Crippen LogP contribution in [-0.4, -0.2) is 26.2 Å². The Morgan fingerprint density at radius 2 is 1.82 bits per heavy atom. The van der Waals surface area contributed by atoms with Gasteiger partial charge in [0, 0.05) is 45.1 Å². The van der Waals surface area contributed by atoms with Gasteiger partial charge in [-0.25, -0.2) is 4.98 Å². The van der Waals surface area contributed by atoms with Crippen LogP contribution in [0.3, 0.4) is 0 Å². The maximum atomic E-state index is 12.9. The molecule has 0 fully saturated rings. The smallest absolute Gasteiger partial charge is 0.416 e. The number of aromatic amines is 1. The number of aliphatic carboxylic acids is 1. The zero-order valence-corrected chi connectivity index (χ0v) is 19.5. The first-order valence-corrected chi connectivity index (χ1v) is 11.5. The summed E-state index contributed by atoms with van der Waals surface area (Å²) >= 11 is 1.38. The van der Waals surface area contributed by atoms with Crippen molar-refractivity contribution in [1.82, 2.24) is 9.97 Å². The quantitative estimate of drug-likeness (QED) is 0.275. The molecule has 0 spiro atoms. The minimum absolute atomic E-state index is 0.0533. The summed E-state index contributed by atoms with van der Waals surface area (Å²) in [6.45, 7) is 5.91. The Morgan fingerprint density at radius 3 is 2.41 bits per heavy atom. The lowest BCUT2D eigenvalue weighted by Crippen LogP contribution is -2.03. The molecule has 0 aliphatic heterocycles. The fourth-order valence-corrected chi connectivity index (χ4v) is 5.32. The molecule has 3 N–H and O–H groups in total.